The number of thioether (sulfide) groups is 1. The van der Waals surface area contributed by atoms with Crippen LogP contribution in [0, 0.1) is 0 Å². The van der Waals surface area contributed by atoms with Crippen LogP contribution in [0.4, 0.5) is 0 Å². The topological polar surface area (TPSA) is 52.3 Å². The number of rotatable bonds is 6. The lowest BCUT2D eigenvalue weighted by molar-refractivity contribution is 0.415. The van der Waals surface area contributed by atoms with E-state index in [0.29, 0.717) is 0 Å². The SMILES string of the molecule is COc1ccc(/C=N/n2cnnc2SCc2ccc(Cl)cc2)cc1. The molecule has 0 aliphatic rings. The van der Waals surface area contributed by atoms with Crippen LogP contribution < -0.4 is 4.74 Å². The van der Waals surface area contributed by atoms with Crippen LogP contribution in [-0.2, 0) is 5.75 Å². The van der Waals surface area contributed by atoms with E-state index in [-0.39, 0.29) is 0 Å². The van der Waals surface area contributed by atoms with Gasteiger partial charge in [0, 0.05) is 10.8 Å². The Balaban J connectivity index is 1.65. The smallest absolute Gasteiger partial charge is 0.212 e. The Labute approximate surface area is 149 Å². The van der Waals surface area contributed by atoms with Crippen molar-refractivity contribution in [1.29, 1.82) is 0 Å². The first-order chi connectivity index (χ1) is 11.7. The Morgan fingerprint density at radius 2 is 1.92 bits per heavy atom. The number of aromatic nitrogens is 3. The highest BCUT2D eigenvalue weighted by Crippen LogP contribution is 2.21. The van der Waals surface area contributed by atoms with Crippen LogP contribution in [0.5, 0.6) is 5.75 Å². The molecule has 0 N–H and O–H groups in total. The van der Waals surface area contributed by atoms with Crippen LogP contribution in [0.15, 0.2) is 65.1 Å². The van der Waals surface area contributed by atoms with Gasteiger partial charge in [-0.15, -0.1) is 10.2 Å². The molecule has 3 aromatic rings. The summed E-state index contributed by atoms with van der Waals surface area (Å²) >= 11 is 7.46. The molecule has 5 nitrogen and oxygen atoms in total. The fraction of sp³-hybridized carbons (Fsp3) is 0.118. The largest absolute Gasteiger partial charge is 0.497 e. The first-order valence-electron chi connectivity index (χ1n) is 7.20. The fourth-order valence-corrected chi connectivity index (χ4v) is 2.89. The number of benzene rings is 2. The lowest BCUT2D eigenvalue weighted by Gasteiger charge is -2.02. The predicted molar refractivity (Wildman–Crippen MR) is 97.0 cm³/mol. The van der Waals surface area contributed by atoms with E-state index in [1.165, 1.54) is 0 Å². The first kappa shape index (κ1) is 16.5. The van der Waals surface area contributed by atoms with Gasteiger partial charge in [-0.2, -0.15) is 9.78 Å². The van der Waals surface area contributed by atoms with Gasteiger partial charge in [0.2, 0.25) is 5.16 Å². The predicted octanol–water partition coefficient (Wildman–Crippen LogP) is 4.11. The molecular formula is C17H15ClN4OS. The molecule has 3 rings (SSSR count). The normalized spacial score (nSPS) is 11.1. The van der Waals surface area contributed by atoms with Crippen molar-refractivity contribution in [2.24, 2.45) is 5.10 Å². The van der Waals surface area contributed by atoms with Crippen molar-refractivity contribution in [1.82, 2.24) is 14.9 Å². The first-order valence-corrected chi connectivity index (χ1v) is 8.56. The molecule has 0 radical (unpaired) electrons. The van der Waals surface area contributed by atoms with Gasteiger partial charge in [0.25, 0.3) is 0 Å². The van der Waals surface area contributed by atoms with Gasteiger partial charge in [0.1, 0.15) is 12.1 Å². The summed E-state index contributed by atoms with van der Waals surface area (Å²) in [5.41, 5.74) is 2.14. The summed E-state index contributed by atoms with van der Waals surface area (Å²) in [4.78, 5) is 0. The zero-order valence-electron chi connectivity index (χ0n) is 13.0. The Hall–Kier alpha value is -2.31. The molecule has 0 saturated heterocycles. The fourth-order valence-electron chi connectivity index (χ4n) is 1.94. The lowest BCUT2D eigenvalue weighted by atomic mass is 10.2. The molecule has 2 aromatic carbocycles. The van der Waals surface area contributed by atoms with Gasteiger partial charge in [-0.25, -0.2) is 0 Å². The number of nitrogens with zero attached hydrogens (tertiary/aromatic N) is 4. The van der Waals surface area contributed by atoms with E-state index in [1.54, 1.807) is 36.1 Å². The van der Waals surface area contributed by atoms with Crippen molar-refractivity contribution in [2.45, 2.75) is 10.9 Å². The van der Waals surface area contributed by atoms with E-state index in [4.69, 9.17) is 16.3 Å². The molecule has 0 aliphatic carbocycles. The van der Waals surface area contributed by atoms with Crippen molar-refractivity contribution in [3.63, 3.8) is 0 Å². The van der Waals surface area contributed by atoms with Gasteiger partial charge in [-0.3, -0.25) is 0 Å². The van der Waals surface area contributed by atoms with Gasteiger partial charge in [0.05, 0.1) is 13.3 Å². The molecule has 1 heterocycles. The van der Waals surface area contributed by atoms with Crippen LogP contribution >= 0.6 is 23.4 Å². The second-order valence-corrected chi connectivity index (χ2v) is 6.27. The molecule has 0 unspecified atom stereocenters. The van der Waals surface area contributed by atoms with Gasteiger partial charge in [-0.1, -0.05) is 35.5 Å². The van der Waals surface area contributed by atoms with E-state index in [1.807, 2.05) is 48.5 Å². The van der Waals surface area contributed by atoms with E-state index in [9.17, 15) is 0 Å². The maximum atomic E-state index is 5.89. The van der Waals surface area contributed by atoms with Crippen LogP contribution in [0.3, 0.4) is 0 Å². The van der Waals surface area contributed by atoms with Crippen LogP contribution in [0.2, 0.25) is 5.02 Å². The second-order valence-electron chi connectivity index (χ2n) is 4.89. The van der Waals surface area contributed by atoms with Gasteiger partial charge in [0.15, 0.2) is 0 Å². The van der Waals surface area contributed by atoms with E-state index < -0.39 is 0 Å². The maximum Gasteiger partial charge on any atom is 0.212 e. The molecule has 24 heavy (non-hydrogen) atoms. The highest BCUT2D eigenvalue weighted by molar-refractivity contribution is 7.98. The second kappa shape index (κ2) is 7.99. The number of hydrogen-bond donors (Lipinski definition) is 0. The number of methoxy groups -OCH3 is 1. The maximum absolute atomic E-state index is 5.89. The van der Waals surface area contributed by atoms with Crippen LogP contribution in [0.25, 0.3) is 0 Å². The minimum absolute atomic E-state index is 0.731. The Morgan fingerprint density at radius 1 is 1.17 bits per heavy atom. The molecule has 0 bridgehead atoms. The minimum atomic E-state index is 0.731. The summed E-state index contributed by atoms with van der Waals surface area (Å²) in [6, 6.07) is 15.4. The molecule has 0 amide bonds. The third kappa shape index (κ3) is 4.37. The molecule has 0 saturated carbocycles. The van der Waals surface area contributed by atoms with Gasteiger partial charge >= 0.3 is 0 Å². The van der Waals surface area contributed by atoms with Crippen molar-refractivity contribution < 1.29 is 4.74 Å². The molecule has 0 fully saturated rings. The van der Waals surface area contributed by atoms with Gasteiger partial charge in [-0.05, 0) is 47.5 Å². The number of hydrogen-bond acceptors (Lipinski definition) is 5. The van der Waals surface area contributed by atoms with E-state index in [2.05, 4.69) is 15.3 Å². The van der Waals surface area contributed by atoms with Crippen LogP contribution in [-0.4, -0.2) is 28.2 Å². The molecular weight excluding hydrogens is 344 g/mol. The third-order valence-electron chi connectivity index (χ3n) is 3.23. The molecule has 1 aromatic heterocycles. The highest BCUT2D eigenvalue weighted by atomic mass is 35.5. The van der Waals surface area contributed by atoms with Crippen molar-refractivity contribution in [3.8, 4) is 5.75 Å². The van der Waals surface area contributed by atoms with Crippen molar-refractivity contribution in [2.75, 3.05) is 7.11 Å². The van der Waals surface area contributed by atoms with Gasteiger partial charge < -0.3 is 4.74 Å². The average molecular weight is 359 g/mol. The summed E-state index contributed by atoms with van der Waals surface area (Å²) < 4.78 is 6.80. The van der Waals surface area contributed by atoms with Crippen molar-refractivity contribution in [3.05, 3.63) is 71.0 Å². The summed E-state index contributed by atoms with van der Waals surface area (Å²) in [6.45, 7) is 0. The summed E-state index contributed by atoms with van der Waals surface area (Å²) in [6.07, 6.45) is 3.35. The Bertz CT molecular complexity index is 815. The zero-order chi connectivity index (χ0) is 16.8. The minimum Gasteiger partial charge on any atom is -0.497 e. The summed E-state index contributed by atoms with van der Waals surface area (Å²) in [5.74, 6) is 1.59. The molecule has 0 spiro atoms. The Kier molecular flexibility index (Phi) is 5.51. The molecule has 0 atom stereocenters. The zero-order valence-corrected chi connectivity index (χ0v) is 14.5. The standard InChI is InChI=1S/C17H15ClN4OS/c1-23-16-8-4-13(5-9-16)10-20-22-12-19-21-17(22)24-11-14-2-6-15(18)7-3-14/h2-10,12H,11H2,1H3/b20-10+. The highest BCUT2D eigenvalue weighted by Gasteiger charge is 2.04. The molecule has 0 aliphatic heterocycles. The van der Waals surface area contributed by atoms with E-state index in [0.717, 1.165) is 32.8 Å². The average Bonchev–Trinajstić information content (AvgIpc) is 3.07. The number of ether oxygens (including phenoxy) is 1. The lowest BCUT2D eigenvalue weighted by Crippen LogP contribution is -1.93. The number of halogens is 1. The monoisotopic (exact) mass is 358 g/mol. The van der Waals surface area contributed by atoms with E-state index >= 15 is 0 Å². The van der Waals surface area contributed by atoms with Crippen LogP contribution in [0.1, 0.15) is 11.1 Å². The quantitative estimate of drug-likeness (QED) is 0.491. The molecule has 122 valence electrons. The van der Waals surface area contributed by atoms with Crippen molar-refractivity contribution >= 4 is 29.6 Å². The summed E-state index contributed by atoms with van der Waals surface area (Å²) in [7, 11) is 1.64. The third-order valence-corrected chi connectivity index (χ3v) is 4.49. The molecule has 7 heteroatoms. The summed E-state index contributed by atoms with van der Waals surface area (Å²) in [5, 5.41) is 13.9. The Morgan fingerprint density at radius 3 is 2.62 bits per heavy atom.